The van der Waals surface area contributed by atoms with Crippen LogP contribution in [0.15, 0.2) is 138 Å². The molecule has 2 aliphatic carbocycles. The van der Waals surface area contributed by atoms with Crippen molar-refractivity contribution in [2.75, 3.05) is 38.5 Å². The summed E-state index contributed by atoms with van der Waals surface area (Å²) in [6.07, 6.45) is 10.5. The van der Waals surface area contributed by atoms with E-state index in [9.17, 15) is 55.2 Å². The topological polar surface area (TPSA) is 353 Å². The fraction of sp³-hybridized carbons (Fsp3) is 0.443. The Kier molecular flexibility index (Phi) is 26.1. The Hall–Kier alpha value is -9.21. The molecule has 5 aromatic rings. The van der Waals surface area contributed by atoms with Gasteiger partial charge in [-0.15, -0.1) is 13.2 Å². The minimum Gasteiger partial charge on any atom is -0.497 e. The number of nitrogens with two attached hydrogens (primary N) is 1. The number of ether oxygens (including phenoxy) is 5. The molecule has 2 saturated carbocycles. The molecule has 4 aromatic carbocycles. The van der Waals surface area contributed by atoms with Crippen molar-refractivity contribution in [1.29, 1.82) is 0 Å². The molecule has 0 spiro atoms. The number of rotatable bonds is 32. The third-order valence-electron chi connectivity index (χ3n) is 16.7. The number of unbranched alkanes of at least 4 members (excludes halogenated alkanes) is 8. The number of methoxy groups -OCH3 is 3. The van der Waals surface area contributed by atoms with Crippen molar-refractivity contribution in [3.05, 3.63) is 128 Å². The van der Waals surface area contributed by atoms with Gasteiger partial charge < -0.3 is 45.4 Å². The first-order valence-electron chi connectivity index (χ1n) is 32.2. The molecule has 3 fully saturated rings. The zero-order valence-corrected chi connectivity index (χ0v) is 57.3. The molecular formula is C70H88N8O17S2. The zero-order chi connectivity index (χ0) is 70.7. The van der Waals surface area contributed by atoms with Crippen LogP contribution in [0.25, 0.3) is 22.2 Å². The normalized spacial score (nSPS) is 19.3. The van der Waals surface area contributed by atoms with E-state index in [0.29, 0.717) is 66.6 Å². The van der Waals surface area contributed by atoms with Crippen LogP contribution in [0.4, 0.5) is 16.2 Å². The molecule has 8 rings (SSSR count). The molecule has 25 nitrogen and oxygen atoms in total. The van der Waals surface area contributed by atoms with Crippen molar-refractivity contribution in [1.82, 2.24) is 24.6 Å². The maximum Gasteiger partial charge on any atom is 0.411 e. The summed E-state index contributed by atoms with van der Waals surface area (Å²) in [6, 6.07) is 27.1. The molecule has 2 heterocycles. The summed E-state index contributed by atoms with van der Waals surface area (Å²) in [4.78, 5) is 108. The van der Waals surface area contributed by atoms with Gasteiger partial charge in [0.1, 0.15) is 50.1 Å². The summed E-state index contributed by atoms with van der Waals surface area (Å²) in [5, 5.41) is 8.71. The number of hydrogen-bond acceptors (Lipinski definition) is 19. The lowest BCUT2D eigenvalue weighted by molar-refractivity contribution is -0.141. The van der Waals surface area contributed by atoms with Crippen molar-refractivity contribution in [2.45, 2.75) is 169 Å². The summed E-state index contributed by atoms with van der Waals surface area (Å²) in [5.41, 5.74) is 4.18. The minimum absolute atomic E-state index is 0.00292. The minimum atomic E-state index is -4.60. The van der Waals surface area contributed by atoms with Gasteiger partial charge >= 0.3 is 18.0 Å². The number of nitrogens with one attached hydrogen (secondary N) is 5. The molecule has 1 aromatic heterocycles. The highest BCUT2D eigenvalue weighted by molar-refractivity contribution is 7.90. The van der Waals surface area contributed by atoms with E-state index in [0.717, 1.165) is 50.5 Å². The van der Waals surface area contributed by atoms with E-state index in [1.165, 1.54) is 67.7 Å². The highest BCUT2D eigenvalue weighted by Crippen LogP contribution is 2.46. The summed E-state index contributed by atoms with van der Waals surface area (Å²) >= 11 is 0. The number of sulfonamides is 2. The van der Waals surface area contributed by atoms with Crippen LogP contribution in [0.1, 0.15) is 130 Å². The molecular weight excluding hydrogens is 1290 g/mol. The molecule has 27 heteroatoms. The Bertz CT molecular complexity index is 3940. The quantitative estimate of drug-likeness (QED) is 0.0101. The van der Waals surface area contributed by atoms with Gasteiger partial charge in [0, 0.05) is 67.0 Å². The molecule has 522 valence electrons. The Morgan fingerprint density at radius 2 is 1.14 bits per heavy atom. The van der Waals surface area contributed by atoms with Gasteiger partial charge in [-0.2, -0.15) is 0 Å². The van der Waals surface area contributed by atoms with Gasteiger partial charge in [-0.05, 0) is 95.7 Å². The second-order valence-corrected chi connectivity index (χ2v) is 28.4. The summed E-state index contributed by atoms with van der Waals surface area (Å²) in [5.74, 6) is -3.60. The highest BCUT2D eigenvalue weighted by atomic mass is 32.2. The van der Waals surface area contributed by atoms with Crippen molar-refractivity contribution >= 4 is 89.9 Å². The molecule has 0 unspecified atom stereocenters. The van der Waals surface area contributed by atoms with E-state index in [-0.39, 0.29) is 77.2 Å². The highest BCUT2D eigenvalue weighted by Gasteiger charge is 2.62. The molecule has 3 aliphatic rings. The predicted octanol–water partition coefficient (Wildman–Crippen LogP) is 9.31. The molecule has 0 bridgehead atoms. The van der Waals surface area contributed by atoms with Gasteiger partial charge in [-0.25, -0.2) is 36.1 Å². The van der Waals surface area contributed by atoms with Crippen LogP contribution in [-0.4, -0.2) is 131 Å². The van der Waals surface area contributed by atoms with Crippen molar-refractivity contribution in [3.8, 4) is 22.8 Å². The number of esters is 2. The third kappa shape index (κ3) is 20.7. The van der Waals surface area contributed by atoms with E-state index in [2.05, 4.69) is 43.3 Å². The molecule has 6 amide bonds. The largest absolute Gasteiger partial charge is 0.497 e. The van der Waals surface area contributed by atoms with Crippen LogP contribution in [0.5, 0.6) is 11.5 Å². The number of hydrogen-bond donors (Lipinski definition) is 6. The second-order valence-electron chi connectivity index (χ2n) is 25.1. The Labute approximate surface area is 566 Å². The Balaban J connectivity index is 0.000000347. The van der Waals surface area contributed by atoms with E-state index in [1.807, 2.05) is 41.1 Å². The first-order chi connectivity index (χ1) is 46.1. The summed E-state index contributed by atoms with van der Waals surface area (Å²) < 4.78 is 84.4. The maximum atomic E-state index is 14.4. The SMILES string of the molecule is C=C[C@@H]1C[C@]1(N)C(=O)NS(=O)(=O)c1ccccc1NC(=O)CCCCCCCC(=O)OC.C=C[C@@H]1C[C@]1(NC(=O)[C@@H]1C[C@@H](Oc2cc(-c3ccccc3)nc3cc(OC)ccc23)CN1C(=O)OC(C)(C)C)C(=O)NS(=O)(=O)c1ccccc1NC(=O)CCCCCCCC(=O)OC. The van der Waals surface area contributed by atoms with E-state index < -0.39 is 84.5 Å². The number of para-hydroxylation sites is 2. The number of pyridine rings is 1. The number of anilines is 2. The number of carbonyl (C=O) groups is 8. The van der Waals surface area contributed by atoms with Crippen molar-refractivity contribution in [2.24, 2.45) is 17.6 Å². The zero-order valence-electron chi connectivity index (χ0n) is 55.6. The van der Waals surface area contributed by atoms with Gasteiger partial charge in [0.2, 0.25) is 17.7 Å². The summed E-state index contributed by atoms with van der Waals surface area (Å²) in [6.45, 7) is 12.4. The standard InChI is InChI=1S/C48H57N5O11S.C22H31N3O6S/c1-7-32-29-48(32,45(57)52-65(59,60)41-21-17-16-20-36(41)50-42(54)22-14-9-8-10-15-23-43(55)62-6)51-44(56)39-27-34(30-53(39)46(58)64-47(2,3)4)63-40-28-37(31-18-12-11-13-19-31)49-38-26-33(61-5)24-25-35(38)40;1-3-16-15-22(16,23)21(28)25-32(29,30)18-12-10-9-11-17(18)24-19(26)13-7-5-4-6-8-14-20(27)31-2/h7,11-13,16-21,24-26,28,32,34,39H,1,8-10,14-15,22-23,27,29-30H2,2-6H3,(H,50,54)(H,51,56)(H,52,57);3,9-12,16H,1,4-8,13-15,23H2,2H3,(H,24,26)(H,25,28)/t32-,34-,39+,48-;16-,22-/m11/s1. The van der Waals surface area contributed by atoms with Gasteiger partial charge in [-0.3, -0.25) is 38.5 Å². The van der Waals surface area contributed by atoms with Crippen LogP contribution >= 0.6 is 0 Å². The van der Waals surface area contributed by atoms with Crippen LogP contribution in [0.2, 0.25) is 0 Å². The Morgan fingerprint density at radius 3 is 1.64 bits per heavy atom. The van der Waals surface area contributed by atoms with Gasteiger partial charge in [0.05, 0.1) is 50.5 Å². The molecule has 1 aliphatic heterocycles. The number of nitrogens with zero attached hydrogens (tertiary/aromatic N) is 2. The smallest absolute Gasteiger partial charge is 0.411 e. The first-order valence-corrected chi connectivity index (χ1v) is 35.2. The average molecular weight is 1380 g/mol. The fourth-order valence-electron chi connectivity index (χ4n) is 11.1. The molecule has 1 saturated heterocycles. The fourth-order valence-corrected chi connectivity index (χ4v) is 13.5. The lowest BCUT2D eigenvalue weighted by Gasteiger charge is -2.29. The number of carbonyl (C=O) groups excluding carboxylic acids is 8. The van der Waals surface area contributed by atoms with Crippen LogP contribution in [0, 0.1) is 11.8 Å². The van der Waals surface area contributed by atoms with E-state index in [1.54, 1.807) is 58.2 Å². The average Bonchev–Trinajstić information content (AvgIpc) is 1.58. The first kappa shape index (κ1) is 75.2. The van der Waals surface area contributed by atoms with Crippen LogP contribution in [-0.2, 0) is 67.8 Å². The number of amides is 6. The van der Waals surface area contributed by atoms with Gasteiger partial charge in [0.25, 0.3) is 31.9 Å². The number of benzene rings is 4. The van der Waals surface area contributed by atoms with Gasteiger partial charge in [0.15, 0.2) is 0 Å². The number of likely N-dealkylation sites (tertiary alicyclic amines) is 1. The Morgan fingerprint density at radius 1 is 0.639 bits per heavy atom. The lowest BCUT2D eigenvalue weighted by Crippen LogP contribution is -2.56. The van der Waals surface area contributed by atoms with Crippen molar-refractivity contribution in [3.63, 3.8) is 0 Å². The van der Waals surface area contributed by atoms with Crippen LogP contribution < -0.4 is 40.6 Å². The molecule has 97 heavy (non-hydrogen) atoms. The maximum absolute atomic E-state index is 14.4. The predicted molar refractivity (Wildman–Crippen MR) is 363 cm³/mol. The second kappa shape index (κ2) is 33.6. The lowest BCUT2D eigenvalue weighted by atomic mass is 10.1. The number of fused-ring (bicyclic) bond motifs is 1. The van der Waals surface area contributed by atoms with Gasteiger partial charge in [-0.1, -0.05) is 105 Å². The number of aromatic nitrogens is 1. The molecule has 0 radical (unpaired) electrons. The third-order valence-corrected chi connectivity index (χ3v) is 19.5. The molecule has 7 N–H and O–H groups in total. The molecule has 6 atom stereocenters. The van der Waals surface area contributed by atoms with Crippen molar-refractivity contribution < 1.29 is 78.9 Å². The van der Waals surface area contributed by atoms with E-state index in [4.69, 9.17) is 24.9 Å². The summed E-state index contributed by atoms with van der Waals surface area (Å²) in [7, 11) is -4.55. The van der Waals surface area contributed by atoms with E-state index >= 15 is 0 Å². The monoisotopic (exact) mass is 1380 g/mol. The van der Waals surface area contributed by atoms with Crippen LogP contribution in [0.3, 0.4) is 0 Å².